The minimum atomic E-state index is -0.551. The van der Waals surface area contributed by atoms with E-state index in [4.69, 9.17) is 4.74 Å². The largest absolute Gasteiger partial charge is 0.444 e. The number of fused-ring (bicyclic) bond motifs is 1. The van der Waals surface area contributed by atoms with E-state index in [0.29, 0.717) is 25.3 Å². The number of carbonyl (C=O) groups is 2. The zero-order chi connectivity index (χ0) is 23.4. The van der Waals surface area contributed by atoms with Crippen molar-refractivity contribution in [2.45, 2.75) is 45.4 Å². The van der Waals surface area contributed by atoms with Gasteiger partial charge in [0.1, 0.15) is 5.60 Å². The van der Waals surface area contributed by atoms with Crippen molar-refractivity contribution in [1.29, 1.82) is 0 Å². The van der Waals surface area contributed by atoms with Gasteiger partial charge in [0.2, 0.25) is 0 Å². The van der Waals surface area contributed by atoms with Crippen LogP contribution in [0.5, 0.6) is 0 Å². The lowest BCUT2D eigenvalue weighted by molar-refractivity contribution is 0.0221. The topological polar surface area (TPSA) is 99.3 Å². The Kier molecular flexibility index (Phi) is 6.35. The van der Waals surface area contributed by atoms with Gasteiger partial charge >= 0.3 is 12.1 Å². The van der Waals surface area contributed by atoms with E-state index in [2.05, 4.69) is 20.8 Å². The predicted octanol–water partition coefficient (Wildman–Crippen LogP) is 4.61. The number of carbonyl (C=O) groups excluding carboxylic acids is 2. The predicted molar refractivity (Wildman–Crippen MR) is 126 cm³/mol. The van der Waals surface area contributed by atoms with Crippen molar-refractivity contribution in [3.8, 4) is 0 Å². The molecule has 2 heterocycles. The van der Waals surface area contributed by atoms with Gasteiger partial charge in [-0.05, 0) is 38.3 Å². The fourth-order valence-electron chi connectivity index (χ4n) is 3.83. The zero-order valence-corrected chi connectivity index (χ0v) is 19.1. The molecule has 0 atom stereocenters. The molecule has 172 valence electrons. The normalized spacial score (nSPS) is 13.4. The lowest BCUT2D eigenvalue weighted by Crippen LogP contribution is -2.40. The molecule has 3 N–H and O–H groups in total. The number of benzene rings is 2. The summed E-state index contributed by atoms with van der Waals surface area (Å²) in [5, 5.41) is 13.2. The quantitative estimate of drug-likeness (QED) is 0.544. The van der Waals surface area contributed by atoms with Crippen molar-refractivity contribution < 1.29 is 14.3 Å². The van der Waals surface area contributed by atoms with Gasteiger partial charge in [-0.2, -0.15) is 5.10 Å². The lowest BCUT2D eigenvalue weighted by Gasteiger charge is -2.29. The van der Waals surface area contributed by atoms with E-state index in [1.165, 1.54) is 0 Å². The number of hydrogen-bond donors (Lipinski definition) is 3. The highest BCUT2D eigenvalue weighted by atomic mass is 16.6. The highest BCUT2D eigenvalue weighted by molar-refractivity contribution is 5.89. The number of urea groups is 1. The van der Waals surface area contributed by atoms with Crippen molar-refractivity contribution in [3.63, 3.8) is 0 Å². The van der Waals surface area contributed by atoms with Crippen LogP contribution in [-0.2, 0) is 17.7 Å². The van der Waals surface area contributed by atoms with E-state index >= 15 is 0 Å². The second-order valence-electron chi connectivity index (χ2n) is 9.03. The molecular weight excluding hydrogens is 418 g/mol. The molecule has 0 radical (unpaired) electrons. The first-order valence-electron chi connectivity index (χ1n) is 11.0. The van der Waals surface area contributed by atoms with Crippen LogP contribution in [0.2, 0.25) is 0 Å². The van der Waals surface area contributed by atoms with Gasteiger partial charge in [0.15, 0.2) is 5.82 Å². The van der Waals surface area contributed by atoms with Crippen LogP contribution in [0.4, 0.5) is 15.4 Å². The number of aromatic nitrogens is 2. The average Bonchev–Trinajstić information content (AvgIpc) is 3.19. The van der Waals surface area contributed by atoms with Crippen LogP contribution in [0.1, 0.15) is 49.2 Å². The maximum absolute atomic E-state index is 12.9. The molecule has 0 saturated heterocycles. The summed E-state index contributed by atoms with van der Waals surface area (Å²) in [7, 11) is 0. The molecule has 0 bridgehead atoms. The number of nitrogens with zero attached hydrogens (tertiary/aromatic N) is 2. The molecule has 0 aliphatic carbocycles. The molecule has 0 fully saturated rings. The van der Waals surface area contributed by atoms with Crippen LogP contribution in [-0.4, -0.2) is 39.4 Å². The number of ether oxygens (including phenoxy) is 1. The van der Waals surface area contributed by atoms with Crippen molar-refractivity contribution in [1.82, 2.24) is 20.4 Å². The monoisotopic (exact) mass is 447 g/mol. The fraction of sp³-hybridized carbons (Fsp3) is 0.320. The first-order valence-corrected chi connectivity index (χ1v) is 11.0. The number of aromatic amines is 1. The summed E-state index contributed by atoms with van der Waals surface area (Å²) >= 11 is 0. The van der Waals surface area contributed by atoms with Gasteiger partial charge in [-0.3, -0.25) is 10.4 Å². The maximum Gasteiger partial charge on any atom is 0.410 e. The van der Waals surface area contributed by atoms with Gasteiger partial charge in [-0.15, -0.1) is 0 Å². The van der Waals surface area contributed by atoms with Crippen LogP contribution in [0.3, 0.4) is 0 Å². The smallest absolute Gasteiger partial charge is 0.410 e. The Hall–Kier alpha value is -3.81. The molecule has 33 heavy (non-hydrogen) atoms. The van der Waals surface area contributed by atoms with Crippen LogP contribution in [0.25, 0.3) is 0 Å². The van der Waals surface area contributed by atoms with E-state index in [0.717, 1.165) is 22.4 Å². The molecule has 3 aromatic rings. The standard InChI is InChI=1S/C25H29N5O3/c1-25(2,3)33-24(32)30-15-14-19-20(16-30)28-29-22(19)27-23(31)26-21(17-10-6-4-7-11-17)18-12-8-5-9-13-18/h4-13,21H,14-16H2,1-3H3,(H3,26,27,28,29,31). The highest BCUT2D eigenvalue weighted by Gasteiger charge is 2.29. The number of anilines is 1. The van der Waals surface area contributed by atoms with Crippen LogP contribution < -0.4 is 10.6 Å². The molecular formula is C25H29N5O3. The Morgan fingerprint density at radius 1 is 1.03 bits per heavy atom. The molecule has 0 spiro atoms. The second kappa shape index (κ2) is 9.36. The van der Waals surface area contributed by atoms with Crippen molar-refractivity contribution in [3.05, 3.63) is 83.0 Å². The number of hydrogen-bond acceptors (Lipinski definition) is 4. The molecule has 3 amide bonds. The van der Waals surface area contributed by atoms with Crippen molar-refractivity contribution in [2.75, 3.05) is 11.9 Å². The van der Waals surface area contributed by atoms with Gasteiger partial charge in [0.05, 0.1) is 18.3 Å². The first-order chi connectivity index (χ1) is 15.8. The molecule has 0 saturated carbocycles. The summed E-state index contributed by atoms with van der Waals surface area (Å²) in [6.07, 6.45) is 0.213. The van der Waals surface area contributed by atoms with Gasteiger partial charge in [-0.1, -0.05) is 60.7 Å². The second-order valence-corrected chi connectivity index (χ2v) is 9.03. The van der Waals surface area contributed by atoms with Gasteiger partial charge in [0.25, 0.3) is 0 Å². The van der Waals surface area contributed by atoms with Gasteiger partial charge < -0.3 is 15.0 Å². The number of nitrogens with one attached hydrogen (secondary N) is 3. The number of H-pyrrole nitrogens is 1. The summed E-state index contributed by atoms with van der Waals surface area (Å²) in [6, 6.07) is 19.0. The number of rotatable bonds is 4. The molecule has 1 aliphatic heterocycles. The van der Waals surface area contributed by atoms with E-state index in [1.807, 2.05) is 81.4 Å². The summed E-state index contributed by atoms with van der Waals surface area (Å²) in [5.41, 5.74) is 3.11. The summed E-state index contributed by atoms with van der Waals surface area (Å²) in [5.74, 6) is 0.478. The minimum absolute atomic E-state index is 0.301. The third-order valence-corrected chi connectivity index (χ3v) is 5.36. The Bertz CT molecular complexity index is 1070. The summed E-state index contributed by atoms with van der Waals surface area (Å²) < 4.78 is 5.46. The molecule has 2 aromatic carbocycles. The maximum atomic E-state index is 12.9. The Balaban J connectivity index is 1.45. The summed E-state index contributed by atoms with van der Waals surface area (Å²) in [4.78, 5) is 26.9. The third-order valence-electron chi connectivity index (χ3n) is 5.36. The zero-order valence-electron chi connectivity index (χ0n) is 19.1. The van der Waals surface area contributed by atoms with Gasteiger partial charge in [-0.25, -0.2) is 9.59 Å². The van der Waals surface area contributed by atoms with E-state index in [-0.39, 0.29) is 18.2 Å². The first kappa shape index (κ1) is 22.4. The Morgan fingerprint density at radius 3 is 2.21 bits per heavy atom. The van der Waals surface area contributed by atoms with Crippen molar-refractivity contribution >= 4 is 17.9 Å². The third kappa shape index (κ3) is 5.52. The van der Waals surface area contributed by atoms with Gasteiger partial charge in [0, 0.05) is 12.1 Å². The summed E-state index contributed by atoms with van der Waals surface area (Å²) in [6.45, 7) is 6.38. The SMILES string of the molecule is CC(C)(C)OC(=O)N1CCc2c(NC(=O)NC(c3ccccc3)c3ccccc3)n[nH]c2C1. The Morgan fingerprint density at radius 2 is 1.64 bits per heavy atom. The minimum Gasteiger partial charge on any atom is -0.444 e. The molecule has 1 aliphatic rings. The average molecular weight is 448 g/mol. The lowest BCUT2D eigenvalue weighted by atomic mass is 9.99. The molecule has 8 nitrogen and oxygen atoms in total. The Labute approximate surface area is 193 Å². The molecule has 4 rings (SSSR count). The van der Waals surface area contributed by atoms with E-state index in [9.17, 15) is 9.59 Å². The van der Waals surface area contributed by atoms with Crippen LogP contribution >= 0.6 is 0 Å². The van der Waals surface area contributed by atoms with Crippen LogP contribution in [0, 0.1) is 0 Å². The molecule has 1 aromatic heterocycles. The fourth-order valence-corrected chi connectivity index (χ4v) is 3.83. The van der Waals surface area contributed by atoms with E-state index in [1.54, 1.807) is 4.90 Å². The highest BCUT2D eigenvalue weighted by Crippen LogP contribution is 2.26. The molecule has 0 unspecified atom stereocenters. The van der Waals surface area contributed by atoms with Crippen LogP contribution in [0.15, 0.2) is 60.7 Å². The molecule has 8 heteroatoms. The number of amides is 3. The van der Waals surface area contributed by atoms with Crippen molar-refractivity contribution in [2.24, 2.45) is 0 Å². The van der Waals surface area contributed by atoms with E-state index < -0.39 is 5.60 Å².